The zero-order valence-corrected chi connectivity index (χ0v) is 12.2. The van der Waals surface area contributed by atoms with Crippen molar-refractivity contribution in [2.75, 3.05) is 12.4 Å². The first-order valence-corrected chi connectivity index (χ1v) is 6.05. The maximum Gasteiger partial charge on any atom is 0.412 e. The summed E-state index contributed by atoms with van der Waals surface area (Å²) in [7, 11) is 1.41. The number of aldehydes is 1. The minimum atomic E-state index is -0.742. The predicted octanol–water partition coefficient (Wildman–Crippen LogP) is 2.87. The Morgan fingerprint density at radius 1 is 1.40 bits per heavy atom. The minimum absolute atomic E-state index is 0.0175. The Hall–Kier alpha value is -2.24. The molecule has 0 aliphatic rings. The Kier molecular flexibility index (Phi) is 4.60. The molecule has 2 N–H and O–H groups in total. The Labute approximate surface area is 117 Å². The van der Waals surface area contributed by atoms with Crippen LogP contribution in [0.25, 0.3) is 0 Å². The van der Waals surface area contributed by atoms with Gasteiger partial charge in [0.15, 0.2) is 12.0 Å². The molecule has 0 fully saturated rings. The van der Waals surface area contributed by atoms with Crippen LogP contribution in [-0.2, 0) is 4.74 Å². The summed E-state index contributed by atoms with van der Waals surface area (Å²) in [5.74, 6) is -0.0766. The third kappa shape index (κ3) is 3.63. The number of phenolic OH excluding ortho intramolecular Hbond substituents is 1. The summed E-state index contributed by atoms with van der Waals surface area (Å²) in [6.07, 6.45) is -0.240. The molecular formula is C14H19NO5. The fourth-order valence-electron chi connectivity index (χ4n) is 1.69. The van der Waals surface area contributed by atoms with E-state index in [2.05, 4.69) is 5.32 Å². The molecule has 0 radical (unpaired) electrons. The van der Waals surface area contributed by atoms with E-state index in [1.165, 1.54) is 13.2 Å². The summed E-state index contributed by atoms with van der Waals surface area (Å²) >= 11 is 0. The van der Waals surface area contributed by atoms with Crippen LogP contribution in [0.15, 0.2) is 6.07 Å². The second-order valence-corrected chi connectivity index (χ2v) is 5.28. The Morgan fingerprint density at radius 2 is 2.00 bits per heavy atom. The van der Waals surface area contributed by atoms with Crippen molar-refractivity contribution in [3.63, 3.8) is 0 Å². The number of carbonyl (C=O) groups is 2. The van der Waals surface area contributed by atoms with Crippen molar-refractivity contribution >= 4 is 18.1 Å². The molecule has 110 valence electrons. The van der Waals surface area contributed by atoms with Crippen molar-refractivity contribution in [2.45, 2.75) is 33.3 Å². The standard InChI is InChI=1S/C14H19NO5/c1-8-6-9(7-16)11(17)10(12(8)19-5)15-13(18)20-14(2,3)4/h6-7,17H,1-5H3,(H,15,18). The van der Waals surface area contributed by atoms with Crippen molar-refractivity contribution in [2.24, 2.45) is 0 Å². The lowest BCUT2D eigenvalue weighted by Crippen LogP contribution is -2.27. The zero-order valence-electron chi connectivity index (χ0n) is 12.2. The van der Waals surface area contributed by atoms with E-state index in [-0.39, 0.29) is 22.7 Å². The summed E-state index contributed by atoms with van der Waals surface area (Å²) in [5.41, 5.74) is 0.0150. The van der Waals surface area contributed by atoms with Gasteiger partial charge in [-0.2, -0.15) is 0 Å². The highest BCUT2D eigenvalue weighted by molar-refractivity contribution is 5.94. The first-order chi connectivity index (χ1) is 9.19. The molecule has 1 amide bonds. The van der Waals surface area contributed by atoms with Gasteiger partial charge >= 0.3 is 6.09 Å². The van der Waals surface area contributed by atoms with Crippen LogP contribution in [0.3, 0.4) is 0 Å². The second-order valence-electron chi connectivity index (χ2n) is 5.28. The minimum Gasteiger partial charge on any atom is -0.505 e. The number of aromatic hydroxyl groups is 1. The lowest BCUT2D eigenvalue weighted by molar-refractivity contribution is 0.0634. The average Bonchev–Trinajstić information content (AvgIpc) is 2.31. The van der Waals surface area contributed by atoms with Gasteiger partial charge in [-0.3, -0.25) is 10.1 Å². The van der Waals surface area contributed by atoms with Crippen LogP contribution in [0, 0.1) is 6.92 Å². The highest BCUT2D eigenvalue weighted by Crippen LogP contribution is 2.39. The Morgan fingerprint density at radius 3 is 2.45 bits per heavy atom. The number of anilines is 1. The Balaban J connectivity index is 3.19. The lowest BCUT2D eigenvalue weighted by atomic mass is 10.1. The van der Waals surface area contributed by atoms with Gasteiger partial charge in [-0.05, 0) is 39.3 Å². The molecule has 0 saturated heterocycles. The summed E-state index contributed by atoms with van der Waals surface area (Å²) in [6, 6.07) is 1.47. The molecule has 0 aliphatic heterocycles. The topological polar surface area (TPSA) is 84.9 Å². The van der Waals surface area contributed by atoms with Gasteiger partial charge < -0.3 is 14.6 Å². The second kappa shape index (κ2) is 5.81. The summed E-state index contributed by atoms with van der Waals surface area (Å²) in [4.78, 5) is 22.7. The van der Waals surface area contributed by atoms with E-state index in [0.29, 0.717) is 11.8 Å². The largest absolute Gasteiger partial charge is 0.505 e. The number of phenols is 1. The number of benzene rings is 1. The molecule has 6 heteroatoms. The lowest BCUT2D eigenvalue weighted by Gasteiger charge is -2.21. The highest BCUT2D eigenvalue weighted by Gasteiger charge is 2.22. The summed E-state index contributed by atoms with van der Waals surface area (Å²) in [6.45, 7) is 6.86. The number of methoxy groups -OCH3 is 1. The van der Waals surface area contributed by atoms with Gasteiger partial charge in [-0.25, -0.2) is 4.79 Å². The van der Waals surface area contributed by atoms with Gasteiger partial charge in [0.2, 0.25) is 0 Å². The molecule has 0 bridgehead atoms. The van der Waals surface area contributed by atoms with Gasteiger partial charge in [0.25, 0.3) is 0 Å². The molecule has 0 saturated carbocycles. The summed E-state index contributed by atoms with van der Waals surface area (Å²) in [5, 5.41) is 12.4. The quantitative estimate of drug-likeness (QED) is 0.657. The van der Waals surface area contributed by atoms with E-state index in [4.69, 9.17) is 9.47 Å². The molecule has 1 rings (SSSR count). The van der Waals surface area contributed by atoms with Crippen LogP contribution < -0.4 is 10.1 Å². The van der Waals surface area contributed by atoms with Crippen molar-refractivity contribution in [3.8, 4) is 11.5 Å². The van der Waals surface area contributed by atoms with E-state index >= 15 is 0 Å². The fourth-order valence-corrected chi connectivity index (χ4v) is 1.69. The number of hydrogen-bond donors (Lipinski definition) is 2. The maximum atomic E-state index is 11.8. The highest BCUT2D eigenvalue weighted by atomic mass is 16.6. The molecule has 0 heterocycles. The predicted molar refractivity (Wildman–Crippen MR) is 74.6 cm³/mol. The van der Waals surface area contributed by atoms with Gasteiger partial charge in [-0.1, -0.05) is 0 Å². The Bertz CT molecular complexity index is 531. The number of amides is 1. The van der Waals surface area contributed by atoms with Crippen molar-refractivity contribution in [3.05, 3.63) is 17.2 Å². The number of ether oxygens (including phenoxy) is 2. The average molecular weight is 281 g/mol. The van der Waals surface area contributed by atoms with Crippen molar-refractivity contribution in [1.29, 1.82) is 0 Å². The zero-order chi connectivity index (χ0) is 15.5. The van der Waals surface area contributed by atoms with E-state index in [1.807, 2.05) is 0 Å². The first kappa shape index (κ1) is 15.8. The molecule has 1 aromatic rings. The molecule has 0 unspecified atom stereocenters. The molecular weight excluding hydrogens is 262 g/mol. The van der Waals surface area contributed by atoms with Gasteiger partial charge in [0.1, 0.15) is 17.0 Å². The molecule has 20 heavy (non-hydrogen) atoms. The first-order valence-electron chi connectivity index (χ1n) is 6.05. The van der Waals surface area contributed by atoms with Crippen molar-refractivity contribution < 1.29 is 24.2 Å². The number of carbonyl (C=O) groups excluding carboxylic acids is 2. The van der Waals surface area contributed by atoms with E-state index in [1.54, 1.807) is 27.7 Å². The molecule has 0 aromatic heterocycles. The molecule has 0 spiro atoms. The van der Waals surface area contributed by atoms with Gasteiger partial charge in [0, 0.05) is 0 Å². The van der Waals surface area contributed by atoms with E-state index in [0.717, 1.165) is 0 Å². The number of hydrogen-bond acceptors (Lipinski definition) is 5. The summed E-state index contributed by atoms with van der Waals surface area (Å²) < 4.78 is 10.2. The number of nitrogens with one attached hydrogen (secondary N) is 1. The van der Waals surface area contributed by atoms with Crippen LogP contribution in [0.4, 0.5) is 10.5 Å². The SMILES string of the molecule is COc1c(C)cc(C=O)c(O)c1NC(=O)OC(C)(C)C. The third-order valence-electron chi connectivity index (χ3n) is 2.42. The van der Waals surface area contributed by atoms with Gasteiger partial charge in [-0.15, -0.1) is 0 Å². The van der Waals surface area contributed by atoms with Crippen molar-refractivity contribution in [1.82, 2.24) is 0 Å². The molecule has 1 aromatic carbocycles. The monoisotopic (exact) mass is 281 g/mol. The van der Waals surface area contributed by atoms with Gasteiger partial charge in [0.05, 0.1) is 12.7 Å². The van der Waals surface area contributed by atoms with Crippen LogP contribution in [-0.4, -0.2) is 30.2 Å². The van der Waals surface area contributed by atoms with E-state index in [9.17, 15) is 14.7 Å². The molecule has 6 nitrogen and oxygen atoms in total. The number of rotatable bonds is 3. The van der Waals surface area contributed by atoms with Crippen LogP contribution in [0.5, 0.6) is 11.5 Å². The molecule has 0 aliphatic carbocycles. The van der Waals surface area contributed by atoms with E-state index < -0.39 is 11.7 Å². The van der Waals surface area contributed by atoms with Crippen LogP contribution >= 0.6 is 0 Å². The van der Waals surface area contributed by atoms with Crippen LogP contribution in [0.1, 0.15) is 36.7 Å². The van der Waals surface area contributed by atoms with Crippen LogP contribution in [0.2, 0.25) is 0 Å². The smallest absolute Gasteiger partial charge is 0.412 e. The normalized spacial score (nSPS) is 10.8. The maximum absolute atomic E-state index is 11.8. The molecule has 0 atom stereocenters. The fraction of sp³-hybridized carbons (Fsp3) is 0.429. The third-order valence-corrected chi connectivity index (χ3v) is 2.42. The number of aryl methyl sites for hydroxylation is 1.